The van der Waals surface area contributed by atoms with E-state index in [0.717, 1.165) is 19.3 Å². The number of benzene rings is 1. The van der Waals surface area contributed by atoms with Crippen LogP contribution in [0.25, 0.3) is 0 Å². The van der Waals surface area contributed by atoms with E-state index in [1.165, 1.54) is 0 Å². The Morgan fingerprint density at radius 3 is 2.70 bits per heavy atom. The van der Waals surface area contributed by atoms with Crippen molar-refractivity contribution < 1.29 is 9.53 Å². The molecule has 1 aromatic carbocycles. The summed E-state index contributed by atoms with van der Waals surface area (Å²) in [6, 6.07) is 7.33. The Balaban J connectivity index is 2.61. The Bertz CT molecular complexity index is 401. The van der Waals surface area contributed by atoms with E-state index in [2.05, 4.69) is 12.2 Å². The molecule has 0 aliphatic heterocycles. The minimum absolute atomic E-state index is 0.0767. The van der Waals surface area contributed by atoms with Crippen LogP contribution in [0, 0.1) is 5.92 Å². The third kappa shape index (κ3) is 5.21. The number of nitrogens with one attached hydrogen (secondary N) is 1. The van der Waals surface area contributed by atoms with Crippen LogP contribution in [-0.4, -0.2) is 25.6 Å². The first-order valence-corrected chi connectivity index (χ1v) is 7.43. The van der Waals surface area contributed by atoms with Crippen molar-refractivity contribution in [1.29, 1.82) is 0 Å². The van der Waals surface area contributed by atoms with Crippen molar-refractivity contribution in [2.24, 2.45) is 11.7 Å². The number of carbonyl (C=O) groups excluding carboxylic acids is 1. The molecular weight excluding hydrogens is 252 g/mol. The number of carbonyl (C=O) groups is 1. The van der Waals surface area contributed by atoms with E-state index in [-0.39, 0.29) is 5.91 Å². The highest BCUT2D eigenvalue weighted by molar-refractivity contribution is 5.96. The van der Waals surface area contributed by atoms with Crippen LogP contribution in [0.1, 0.15) is 43.5 Å². The summed E-state index contributed by atoms with van der Waals surface area (Å²) in [7, 11) is 0. The second kappa shape index (κ2) is 9.37. The minimum atomic E-state index is -0.0767. The van der Waals surface area contributed by atoms with Gasteiger partial charge in [-0.2, -0.15) is 0 Å². The van der Waals surface area contributed by atoms with Gasteiger partial charge >= 0.3 is 0 Å². The Hall–Kier alpha value is -1.55. The summed E-state index contributed by atoms with van der Waals surface area (Å²) in [6.45, 7) is 5.94. The molecule has 0 aliphatic rings. The van der Waals surface area contributed by atoms with E-state index in [9.17, 15) is 4.79 Å². The van der Waals surface area contributed by atoms with Crippen LogP contribution in [0.5, 0.6) is 5.75 Å². The lowest BCUT2D eigenvalue weighted by Gasteiger charge is -2.16. The maximum absolute atomic E-state index is 12.2. The second-order valence-electron chi connectivity index (χ2n) is 4.87. The van der Waals surface area contributed by atoms with E-state index in [1.807, 2.05) is 25.1 Å². The molecule has 20 heavy (non-hydrogen) atoms. The molecule has 0 saturated carbocycles. The van der Waals surface area contributed by atoms with Gasteiger partial charge in [-0.1, -0.05) is 25.5 Å². The number of nitrogens with two attached hydrogens (primary N) is 1. The molecule has 112 valence electrons. The fraction of sp³-hybridized carbons (Fsp3) is 0.562. The first kappa shape index (κ1) is 16.5. The lowest BCUT2D eigenvalue weighted by atomic mass is 9.99. The van der Waals surface area contributed by atoms with Gasteiger partial charge in [0.1, 0.15) is 5.75 Å². The first-order valence-electron chi connectivity index (χ1n) is 7.43. The molecule has 0 saturated heterocycles. The highest BCUT2D eigenvalue weighted by Gasteiger charge is 2.14. The zero-order chi connectivity index (χ0) is 14.8. The summed E-state index contributed by atoms with van der Waals surface area (Å²) in [4.78, 5) is 12.2. The van der Waals surface area contributed by atoms with Crippen LogP contribution < -0.4 is 15.8 Å². The Morgan fingerprint density at radius 2 is 2.05 bits per heavy atom. The molecule has 0 bridgehead atoms. The quantitative estimate of drug-likeness (QED) is 0.729. The van der Waals surface area contributed by atoms with Gasteiger partial charge in [0.15, 0.2) is 0 Å². The molecule has 0 heterocycles. The van der Waals surface area contributed by atoms with Gasteiger partial charge in [0.25, 0.3) is 5.91 Å². The molecular formula is C16H26N2O2. The lowest BCUT2D eigenvalue weighted by Crippen LogP contribution is -2.30. The summed E-state index contributed by atoms with van der Waals surface area (Å²) in [5.41, 5.74) is 6.20. The largest absolute Gasteiger partial charge is 0.493 e. The molecule has 0 spiro atoms. The molecule has 1 aromatic rings. The van der Waals surface area contributed by atoms with Crippen molar-refractivity contribution >= 4 is 5.91 Å². The second-order valence-corrected chi connectivity index (χ2v) is 4.87. The van der Waals surface area contributed by atoms with Crippen molar-refractivity contribution in [3.63, 3.8) is 0 Å². The number of amides is 1. The van der Waals surface area contributed by atoms with E-state index in [4.69, 9.17) is 10.5 Å². The number of rotatable bonds is 9. The van der Waals surface area contributed by atoms with Gasteiger partial charge in [0, 0.05) is 6.54 Å². The van der Waals surface area contributed by atoms with Crippen LogP contribution in [0.2, 0.25) is 0 Å². The predicted molar refractivity (Wildman–Crippen MR) is 82.0 cm³/mol. The number of ether oxygens (including phenoxy) is 1. The topological polar surface area (TPSA) is 64.3 Å². The minimum Gasteiger partial charge on any atom is -0.493 e. The molecule has 4 heteroatoms. The highest BCUT2D eigenvalue weighted by Crippen LogP contribution is 2.18. The van der Waals surface area contributed by atoms with Crippen LogP contribution in [0.4, 0.5) is 0 Å². The Morgan fingerprint density at radius 1 is 1.30 bits per heavy atom. The van der Waals surface area contributed by atoms with Crippen molar-refractivity contribution in [2.45, 2.75) is 33.1 Å². The van der Waals surface area contributed by atoms with Gasteiger partial charge in [-0.05, 0) is 44.4 Å². The van der Waals surface area contributed by atoms with Gasteiger partial charge < -0.3 is 15.8 Å². The maximum atomic E-state index is 12.2. The summed E-state index contributed by atoms with van der Waals surface area (Å²) >= 11 is 0. The van der Waals surface area contributed by atoms with E-state index in [1.54, 1.807) is 6.07 Å². The lowest BCUT2D eigenvalue weighted by molar-refractivity contribution is 0.0942. The standard InChI is InChI=1S/C16H26N2O2/c1-3-7-13(10-11-17)12-18-16(19)14-8-5-6-9-15(14)20-4-2/h5-6,8-9,13H,3-4,7,10-12,17H2,1-2H3,(H,18,19). The molecule has 0 aliphatic carbocycles. The van der Waals surface area contributed by atoms with E-state index >= 15 is 0 Å². The van der Waals surface area contributed by atoms with Crippen molar-refractivity contribution in [3.05, 3.63) is 29.8 Å². The molecule has 1 amide bonds. The third-order valence-corrected chi connectivity index (χ3v) is 3.25. The van der Waals surface area contributed by atoms with Crippen molar-refractivity contribution in [3.8, 4) is 5.75 Å². The molecule has 4 nitrogen and oxygen atoms in total. The zero-order valence-electron chi connectivity index (χ0n) is 12.5. The van der Waals surface area contributed by atoms with Crippen molar-refractivity contribution in [2.75, 3.05) is 19.7 Å². The molecule has 1 atom stereocenters. The third-order valence-electron chi connectivity index (χ3n) is 3.25. The summed E-state index contributed by atoms with van der Waals surface area (Å²) < 4.78 is 5.48. The molecule has 0 aromatic heterocycles. The maximum Gasteiger partial charge on any atom is 0.255 e. The number of hydrogen-bond acceptors (Lipinski definition) is 3. The monoisotopic (exact) mass is 278 g/mol. The van der Waals surface area contributed by atoms with Gasteiger partial charge in [0.2, 0.25) is 0 Å². The highest BCUT2D eigenvalue weighted by atomic mass is 16.5. The van der Waals surface area contributed by atoms with Crippen LogP contribution in [-0.2, 0) is 0 Å². The molecule has 0 fully saturated rings. The number of para-hydroxylation sites is 1. The predicted octanol–water partition coefficient (Wildman–Crippen LogP) is 2.58. The van der Waals surface area contributed by atoms with Gasteiger partial charge in [-0.15, -0.1) is 0 Å². The summed E-state index contributed by atoms with van der Waals surface area (Å²) in [5.74, 6) is 1.01. The number of hydrogen-bond donors (Lipinski definition) is 2. The fourth-order valence-corrected chi connectivity index (χ4v) is 2.26. The molecule has 3 N–H and O–H groups in total. The van der Waals surface area contributed by atoms with Gasteiger partial charge in [-0.25, -0.2) is 0 Å². The van der Waals surface area contributed by atoms with Gasteiger partial charge in [-0.3, -0.25) is 4.79 Å². The van der Waals surface area contributed by atoms with Crippen LogP contribution in [0.3, 0.4) is 0 Å². The van der Waals surface area contributed by atoms with Gasteiger partial charge in [0.05, 0.1) is 12.2 Å². The normalized spacial score (nSPS) is 11.9. The molecule has 1 rings (SSSR count). The first-order chi connectivity index (χ1) is 9.72. The molecule has 0 radical (unpaired) electrons. The molecule has 1 unspecified atom stereocenters. The average Bonchev–Trinajstić information content (AvgIpc) is 2.46. The zero-order valence-corrected chi connectivity index (χ0v) is 12.5. The van der Waals surface area contributed by atoms with E-state index in [0.29, 0.717) is 36.9 Å². The van der Waals surface area contributed by atoms with E-state index < -0.39 is 0 Å². The fourth-order valence-electron chi connectivity index (χ4n) is 2.26. The van der Waals surface area contributed by atoms with Crippen molar-refractivity contribution in [1.82, 2.24) is 5.32 Å². The summed E-state index contributed by atoms with van der Waals surface area (Å²) in [6.07, 6.45) is 3.14. The Kier molecular flexibility index (Phi) is 7.73. The van der Waals surface area contributed by atoms with Crippen LogP contribution >= 0.6 is 0 Å². The van der Waals surface area contributed by atoms with Crippen LogP contribution in [0.15, 0.2) is 24.3 Å². The Labute approximate surface area is 121 Å². The average molecular weight is 278 g/mol. The summed E-state index contributed by atoms with van der Waals surface area (Å²) in [5, 5.41) is 2.99. The smallest absolute Gasteiger partial charge is 0.255 e. The SMILES string of the molecule is CCCC(CCN)CNC(=O)c1ccccc1OCC.